The maximum atomic E-state index is 11.7. The molecule has 0 heterocycles. The van der Waals surface area contributed by atoms with E-state index in [0.29, 0.717) is 12.2 Å². The SMILES string of the molecule is CCC(C)CCCCCCCOC(=O)c1ccccc1. The van der Waals surface area contributed by atoms with Crippen LogP contribution in [0.4, 0.5) is 0 Å². The highest BCUT2D eigenvalue weighted by Gasteiger charge is 2.05. The average Bonchev–Trinajstić information content (AvgIpc) is 2.50. The summed E-state index contributed by atoms with van der Waals surface area (Å²) in [7, 11) is 0. The fourth-order valence-electron chi connectivity index (χ4n) is 2.15. The van der Waals surface area contributed by atoms with E-state index in [1.807, 2.05) is 18.2 Å². The molecule has 1 rings (SSSR count). The van der Waals surface area contributed by atoms with E-state index in [-0.39, 0.29) is 5.97 Å². The monoisotopic (exact) mass is 276 g/mol. The van der Waals surface area contributed by atoms with Crippen molar-refractivity contribution in [2.75, 3.05) is 6.61 Å². The predicted molar refractivity (Wildman–Crippen MR) is 83.9 cm³/mol. The molecule has 0 radical (unpaired) electrons. The number of ether oxygens (including phenoxy) is 1. The van der Waals surface area contributed by atoms with Crippen molar-refractivity contribution in [1.82, 2.24) is 0 Å². The van der Waals surface area contributed by atoms with Crippen molar-refractivity contribution >= 4 is 5.97 Å². The van der Waals surface area contributed by atoms with Crippen LogP contribution in [0.2, 0.25) is 0 Å². The summed E-state index contributed by atoms with van der Waals surface area (Å²) in [6, 6.07) is 9.19. The minimum atomic E-state index is -0.206. The van der Waals surface area contributed by atoms with Gasteiger partial charge in [0.05, 0.1) is 12.2 Å². The Hall–Kier alpha value is -1.31. The van der Waals surface area contributed by atoms with E-state index in [2.05, 4.69) is 13.8 Å². The lowest BCUT2D eigenvalue weighted by atomic mass is 10.0. The first-order chi connectivity index (χ1) is 9.74. The van der Waals surface area contributed by atoms with Gasteiger partial charge in [-0.3, -0.25) is 0 Å². The van der Waals surface area contributed by atoms with Crippen molar-refractivity contribution in [1.29, 1.82) is 0 Å². The number of benzene rings is 1. The van der Waals surface area contributed by atoms with Crippen LogP contribution in [0, 0.1) is 5.92 Å². The second-order valence-corrected chi connectivity index (χ2v) is 5.57. The lowest BCUT2D eigenvalue weighted by molar-refractivity contribution is 0.0497. The van der Waals surface area contributed by atoms with E-state index < -0.39 is 0 Å². The van der Waals surface area contributed by atoms with Gasteiger partial charge < -0.3 is 4.74 Å². The van der Waals surface area contributed by atoms with Crippen molar-refractivity contribution in [3.05, 3.63) is 35.9 Å². The second kappa shape index (κ2) is 10.5. The maximum absolute atomic E-state index is 11.7. The van der Waals surface area contributed by atoms with Gasteiger partial charge in [0.25, 0.3) is 0 Å². The number of carbonyl (C=O) groups is 1. The fraction of sp³-hybridized carbons (Fsp3) is 0.611. The summed E-state index contributed by atoms with van der Waals surface area (Å²) >= 11 is 0. The topological polar surface area (TPSA) is 26.3 Å². The van der Waals surface area contributed by atoms with E-state index in [4.69, 9.17) is 4.74 Å². The summed E-state index contributed by atoms with van der Waals surface area (Å²) in [5.41, 5.74) is 0.640. The van der Waals surface area contributed by atoms with Gasteiger partial charge in [0, 0.05) is 0 Å². The van der Waals surface area contributed by atoms with Gasteiger partial charge in [-0.2, -0.15) is 0 Å². The molecule has 0 spiro atoms. The Labute approximate surface area is 123 Å². The molecular formula is C18H28O2. The van der Waals surface area contributed by atoms with Gasteiger partial charge >= 0.3 is 5.97 Å². The molecule has 0 aromatic heterocycles. The molecule has 1 unspecified atom stereocenters. The van der Waals surface area contributed by atoms with Crippen LogP contribution in [0.25, 0.3) is 0 Å². The molecule has 0 saturated carbocycles. The molecule has 0 fully saturated rings. The summed E-state index contributed by atoms with van der Waals surface area (Å²) in [6.45, 7) is 5.12. The van der Waals surface area contributed by atoms with Crippen LogP contribution in [0.15, 0.2) is 30.3 Å². The summed E-state index contributed by atoms with van der Waals surface area (Å²) in [5, 5.41) is 0. The molecule has 112 valence electrons. The molecule has 1 aromatic rings. The Morgan fingerprint density at radius 1 is 1.05 bits per heavy atom. The van der Waals surface area contributed by atoms with Crippen molar-refractivity contribution < 1.29 is 9.53 Å². The molecule has 1 aromatic carbocycles. The van der Waals surface area contributed by atoms with E-state index in [1.54, 1.807) is 12.1 Å². The van der Waals surface area contributed by atoms with Crippen LogP contribution in [-0.2, 0) is 4.74 Å². The van der Waals surface area contributed by atoms with Crippen LogP contribution >= 0.6 is 0 Å². The Balaban J connectivity index is 1.96. The molecule has 2 nitrogen and oxygen atoms in total. The number of rotatable bonds is 10. The largest absolute Gasteiger partial charge is 0.462 e. The molecule has 1 atom stereocenters. The maximum Gasteiger partial charge on any atom is 0.338 e. The zero-order chi connectivity index (χ0) is 14.6. The molecule has 0 aliphatic heterocycles. The summed E-state index contributed by atoms with van der Waals surface area (Å²) < 4.78 is 5.25. The molecule has 0 N–H and O–H groups in total. The summed E-state index contributed by atoms with van der Waals surface area (Å²) in [4.78, 5) is 11.7. The standard InChI is InChI=1S/C18H28O2/c1-3-16(2)12-8-5-4-6-11-15-20-18(19)17-13-9-7-10-14-17/h7,9-10,13-14,16H,3-6,8,11-12,15H2,1-2H3. The fourth-order valence-corrected chi connectivity index (χ4v) is 2.15. The lowest BCUT2D eigenvalue weighted by Gasteiger charge is -2.07. The van der Waals surface area contributed by atoms with Gasteiger partial charge in [0.15, 0.2) is 0 Å². The minimum absolute atomic E-state index is 0.206. The number of hydrogen-bond acceptors (Lipinski definition) is 2. The third-order valence-electron chi connectivity index (χ3n) is 3.78. The van der Waals surface area contributed by atoms with E-state index >= 15 is 0 Å². The highest BCUT2D eigenvalue weighted by atomic mass is 16.5. The molecule has 2 heteroatoms. The Bertz CT molecular complexity index is 359. The van der Waals surface area contributed by atoms with Gasteiger partial charge in [0.1, 0.15) is 0 Å². The van der Waals surface area contributed by atoms with Crippen LogP contribution in [0.3, 0.4) is 0 Å². The molecule has 0 bridgehead atoms. The van der Waals surface area contributed by atoms with Gasteiger partial charge in [-0.25, -0.2) is 4.79 Å². The van der Waals surface area contributed by atoms with Crippen molar-refractivity contribution in [2.24, 2.45) is 5.92 Å². The van der Waals surface area contributed by atoms with Crippen molar-refractivity contribution in [3.8, 4) is 0 Å². The van der Waals surface area contributed by atoms with E-state index in [0.717, 1.165) is 18.8 Å². The lowest BCUT2D eigenvalue weighted by Crippen LogP contribution is -2.06. The Morgan fingerprint density at radius 3 is 2.40 bits per heavy atom. The quantitative estimate of drug-likeness (QED) is 0.432. The molecule has 20 heavy (non-hydrogen) atoms. The zero-order valence-corrected chi connectivity index (χ0v) is 12.9. The first kappa shape index (κ1) is 16.7. The van der Waals surface area contributed by atoms with Crippen molar-refractivity contribution in [3.63, 3.8) is 0 Å². The molecule has 0 aliphatic carbocycles. The number of esters is 1. The highest BCUT2D eigenvalue weighted by Crippen LogP contribution is 2.13. The number of carbonyl (C=O) groups excluding carboxylic acids is 1. The average molecular weight is 276 g/mol. The highest BCUT2D eigenvalue weighted by molar-refractivity contribution is 5.89. The molecular weight excluding hydrogens is 248 g/mol. The van der Waals surface area contributed by atoms with Crippen LogP contribution < -0.4 is 0 Å². The number of hydrogen-bond donors (Lipinski definition) is 0. The van der Waals surface area contributed by atoms with Gasteiger partial charge in [0.2, 0.25) is 0 Å². The van der Waals surface area contributed by atoms with Crippen LogP contribution in [0.5, 0.6) is 0 Å². The van der Waals surface area contributed by atoms with Crippen LogP contribution in [-0.4, -0.2) is 12.6 Å². The summed E-state index contributed by atoms with van der Waals surface area (Å²) in [5.74, 6) is 0.657. The third-order valence-corrected chi connectivity index (χ3v) is 3.78. The Morgan fingerprint density at radius 2 is 1.70 bits per heavy atom. The predicted octanol–water partition coefficient (Wildman–Crippen LogP) is 5.23. The smallest absolute Gasteiger partial charge is 0.338 e. The molecule has 0 amide bonds. The van der Waals surface area contributed by atoms with Crippen molar-refractivity contribution in [2.45, 2.75) is 58.8 Å². The first-order valence-electron chi connectivity index (χ1n) is 7.96. The van der Waals surface area contributed by atoms with Crippen LogP contribution in [0.1, 0.15) is 69.2 Å². The normalized spacial score (nSPS) is 12.1. The van der Waals surface area contributed by atoms with E-state index in [1.165, 1.54) is 32.1 Å². The van der Waals surface area contributed by atoms with Gasteiger partial charge in [-0.1, -0.05) is 70.6 Å². The molecule has 0 aliphatic rings. The summed E-state index contributed by atoms with van der Waals surface area (Å²) in [6.07, 6.45) is 8.65. The first-order valence-corrected chi connectivity index (χ1v) is 7.96. The van der Waals surface area contributed by atoms with E-state index in [9.17, 15) is 4.79 Å². The Kier molecular flexibility index (Phi) is 8.77. The minimum Gasteiger partial charge on any atom is -0.462 e. The zero-order valence-electron chi connectivity index (χ0n) is 12.9. The number of unbranched alkanes of at least 4 members (excludes halogenated alkanes) is 4. The van der Waals surface area contributed by atoms with Gasteiger partial charge in [-0.15, -0.1) is 0 Å². The second-order valence-electron chi connectivity index (χ2n) is 5.57. The molecule has 0 saturated heterocycles. The van der Waals surface area contributed by atoms with Gasteiger partial charge in [-0.05, 0) is 24.5 Å². The third kappa shape index (κ3) is 7.32.